The molecule has 0 spiro atoms. The van der Waals surface area contributed by atoms with Crippen molar-refractivity contribution < 1.29 is 4.42 Å². The lowest BCUT2D eigenvalue weighted by atomic mass is 10.3. The second kappa shape index (κ2) is 5.87. The number of nitrogens with zero attached hydrogens (tertiary/aromatic N) is 3. The number of hydrogen-bond acceptors (Lipinski definition) is 4. The molecule has 2 aromatic rings. The minimum absolute atomic E-state index is 0.488. The second-order valence-corrected chi connectivity index (χ2v) is 4.59. The predicted octanol–water partition coefficient (Wildman–Crippen LogP) is 3.31. The third kappa shape index (κ3) is 3.23. The van der Waals surface area contributed by atoms with E-state index in [0.717, 1.165) is 36.6 Å². The minimum atomic E-state index is 0.488. The highest BCUT2D eigenvalue weighted by Crippen LogP contribution is 2.17. The molecule has 0 bridgehead atoms. The van der Waals surface area contributed by atoms with Gasteiger partial charge in [0, 0.05) is 31.6 Å². The number of hydrogen-bond donors (Lipinski definition) is 0. The number of aromatic nitrogens is 2. The average molecular weight is 266 g/mol. The van der Waals surface area contributed by atoms with E-state index in [-0.39, 0.29) is 0 Å². The van der Waals surface area contributed by atoms with Gasteiger partial charge in [-0.15, -0.1) is 0 Å². The first kappa shape index (κ1) is 12.9. The van der Waals surface area contributed by atoms with Gasteiger partial charge in [-0.3, -0.25) is 0 Å². The summed E-state index contributed by atoms with van der Waals surface area (Å²) < 4.78 is 5.05. The van der Waals surface area contributed by atoms with Crippen LogP contribution >= 0.6 is 11.6 Å². The molecule has 0 amide bonds. The van der Waals surface area contributed by atoms with Crippen LogP contribution < -0.4 is 4.90 Å². The molecule has 0 atom stereocenters. The van der Waals surface area contributed by atoms with E-state index in [9.17, 15) is 0 Å². The molecule has 0 aliphatic rings. The third-order valence-corrected chi connectivity index (χ3v) is 2.79. The summed E-state index contributed by atoms with van der Waals surface area (Å²) in [4.78, 5) is 10.7. The van der Waals surface area contributed by atoms with E-state index in [1.54, 1.807) is 18.6 Å². The normalized spacial score (nSPS) is 10.6. The van der Waals surface area contributed by atoms with Crippen molar-refractivity contribution in [2.45, 2.75) is 26.3 Å². The van der Waals surface area contributed by atoms with Crippen molar-refractivity contribution >= 4 is 17.4 Å². The molecular weight excluding hydrogens is 250 g/mol. The zero-order chi connectivity index (χ0) is 13.0. The highest BCUT2D eigenvalue weighted by Gasteiger charge is 2.08. The fourth-order valence-electron chi connectivity index (χ4n) is 1.72. The molecule has 0 saturated carbocycles. The number of rotatable bonds is 5. The monoisotopic (exact) mass is 265 g/mol. The molecule has 0 aliphatic heterocycles. The van der Waals surface area contributed by atoms with E-state index in [0.29, 0.717) is 5.15 Å². The molecule has 0 N–H and O–H groups in total. The zero-order valence-corrected chi connectivity index (χ0v) is 11.3. The van der Waals surface area contributed by atoms with Crippen LogP contribution in [0.2, 0.25) is 5.15 Å². The summed E-state index contributed by atoms with van der Waals surface area (Å²) in [6.07, 6.45) is 5.24. The number of aryl methyl sites for hydroxylation is 1. The van der Waals surface area contributed by atoms with Gasteiger partial charge in [0.2, 0.25) is 0 Å². The first-order chi connectivity index (χ1) is 8.69. The lowest BCUT2D eigenvalue weighted by Crippen LogP contribution is -2.18. The van der Waals surface area contributed by atoms with Crippen molar-refractivity contribution in [1.82, 2.24) is 9.97 Å². The molecule has 2 heterocycles. The summed E-state index contributed by atoms with van der Waals surface area (Å²) in [5, 5.41) is 0.488. The molecule has 4 nitrogen and oxygen atoms in total. The number of halogens is 1. The average Bonchev–Trinajstić information content (AvgIpc) is 2.81. The summed E-state index contributed by atoms with van der Waals surface area (Å²) in [6, 6.07) is 3.72. The minimum Gasteiger partial charge on any atom is -0.472 e. The smallest absolute Gasteiger partial charge is 0.134 e. The molecule has 0 unspecified atom stereocenters. The molecular formula is C13H16ClN3O. The van der Waals surface area contributed by atoms with Crippen molar-refractivity contribution in [1.29, 1.82) is 0 Å². The Kier molecular flexibility index (Phi) is 4.20. The van der Waals surface area contributed by atoms with Crippen molar-refractivity contribution in [3.05, 3.63) is 41.2 Å². The number of furan rings is 1. The summed E-state index contributed by atoms with van der Waals surface area (Å²) >= 11 is 6.02. The Morgan fingerprint density at radius 3 is 2.89 bits per heavy atom. The Hall–Kier alpha value is -1.55. The van der Waals surface area contributed by atoms with Gasteiger partial charge in [0.05, 0.1) is 12.5 Å². The van der Waals surface area contributed by atoms with Gasteiger partial charge in [-0.2, -0.15) is 0 Å². The van der Waals surface area contributed by atoms with Crippen LogP contribution in [0.5, 0.6) is 0 Å². The fraction of sp³-hybridized carbons (Fsp3) is 0.385. The maximum absolute atomic E-state index is 6.02. The van der Waals surface area contributed by atoms with Crippen LogP contribution in [0.25, 0.3) is 0 Å². The van der Waals surface area contributed by atoms with Crippen LogP contribution in [0, 0.1) is 0 Å². The predicted molar refractivity (Wildman–Crippen MR) is 71.9 cm³/mol. The molecule has 0 aliphatic carbocycles. The van der Waals surface area contributed by atoms with Crippen LogP contribution in [0.1, 0.15) is 24.7 Å². The molecule has 0 fully saturated rings. The molecule has 96 valence electrons. The molecule has 18 heavy (non-hydrogen) atoms. The van der Waals surface area contributed by atoms with E-state index in [2.05, 4.69) is 16.9 Å². The van der Waals surface area contributed by atoms with E-state index < -0.39 is 0 Å². The first-order valence-corrected chi connectivity index (χ1v) is 6.32. The van der Waals surface area contributed by atoms with Gasteiger partial charge in [0.15, 0.2) is 0 Å². The quantitative estimate of drug-likeness (QED) is 0.778. The maximum atomic E-state index is 6.02. The largest absolute Gasteiger partial charge is 0.472 e. The topological polar surface area (TPSA) is 42.2 Å². The van der Waals surface area contributed by atoms with Gasteiger partial charge in [0.25, 0.3) is 0 Å². The highest BCUT2D eigenvalue weighted by molar-refractivity contribution is 6.29. The molecule has 0 saturated heterocycles. The van der Waals surface area contributed by atoms with Gasteiger partial charge in [-0.1, -0.05) is 18.5 Å². The van der Waals surface area contributed by atoms with Gasteiger partial charge >= 0.3 is 0 Å². The summed E-state index contributed by atoms with van der Waals surface area (Å²) in [6.45, 7) is 2.83. The number of anilines is 1. The van der Waals surface area contributed by atoms with Gasteiger partial charge in [-0.05, 0) is 12.5 Å². The molecule has 2 aromatic heterocycles. The zero-order valence-electron chi connectivity index (χ0n) is 10.6. The Morgan fingerprint density at radius 1 is 1.39 bits per heavy atom. The van der Waals surface area contributed by atoms with Crippen LogP contribution in [0.4, 0.5) is 5.82 Å². The Balaban J connectivity index is 2.16. The maximum Gasteiger partial charge on any atom is 0.134 e. The van der Waals surface area contributed by atoms with Crippen molar-refractivity contribution in [3.63, 3.8) is 0 Å². The Labute approximate surface area is 112 Å². The van der Waals surface area contributed by atoms with E-state index in [1.165, 1.54) is 0 Å². The van der Waals surface area contributed by atoms with Crippen molar-refractivity contribution in [2.75, 3.05) is 11.9 Å². The van der Waals surface area contributed by atoms with Crippen molar-refractivity contribution in [2.24, 2.45) is 0 Å². The van der Waals surface area contributed by atoms with Crippen LogP contribution in [0.15, 0.2) is 29.1 Å². The summed E-state index contributed by atoms with van der Waals surface area (Å²) in [7, 11) is 1.97. The van der Waals surface area contributed by atoms with E-state index >= 15 is 0 Å². The highest BCUT2D eigenvalue weighted by atomic mass is 35.5. The van der Waals surface area contributed by atoms with E-state index in [4.69, 9.17) is 16.0 Å². The molecule has 0 radical (unpaired) electrons. The molecule has 2 rings (SSSR count). The van der Waals surface area contributed by atoms with Gasteiger partial charge in [-0.25, -0.2) is 9.97 Å². The Bertz CT molecular complexity index is 499. The second-order valence-electron chi connectivity index (χ2n) is 4.20. The molecule has 5 heteroatoms. The summed E-state index contributed by atoms with van der Waals surface area (Å²) in [5.74, 6) is 1.62. The van der Waals surface area contributed by atoms with Gasteiger partial charge < -0.3 is 9.32 Å². The Morgan fingerprint density at radius 2 is 2.22 bits per heavy atom. The third-order valence-electron chi connectivity index (χ3n) is 2.59. The SMILES string of the molecule is CCCc1nc(Cl)cc(N(C)Cc2ccoc2)n1. The standard InChI is InChI=1S/C13H16ClN3O/c1-3-4-12-15-11(14)7-13(16-12)17(2)8-10-5-6-18-9-10/h5-7,9H,3-4,8H2,1-2H3. The van der Waals surface area contributed by atoms with E-state index in [1.807, 2.05) is 18.0 Å². The lowest BCUT2D eigenvalue weighted by molar-refractivity contribution is 0.563. The first-order valence-electron chi connectivity index (χ1n) is 5.94. The lowest BCUT2D eigenvalue weighted by Gasteiger charge is -2.17. The fourth-order valence-corrected chi connectivity index (χ4v) is 1.92. The van der Waals surface area contributed by atoms with Crippen LogP contribution in [-0.2, 0) is 13.0 Å². The van der Waals surface area contributed by atoms with Crippen LogP contribution in [-0.4, -0.2) is 17.0 Å². The summed E-state index contributed by atoms with van der Waals surface area (Å²) in [5.41, 5.74) is 1.10. The van der Waals surface area contributed by atoms with Crippen LogP contribution in [0.3, 0.4) is 0 Å². The van der Waals surface area contributed by atoms with Gasteiger partial charge in [0.1, 0.15) is 16.8 Å². The molecule has 0 aromatic carbocycles. The van der Waals surface area contributed by atoms with Crippen molar-refractivity contribution in [3.8, 4) is 0 Å².